The molecule has 0 amide bonds. The number of hydrogen-bond acceptors (Lipinski definition) is 2. The molecule has 0 unspecified atom stereocenters. The summed E-state index contributed by atoms with van der Waals surface area (Å²) in [6.45, 7) is 2.28. The van der Waals surface area contributed by atoms with E-state index in [-0.39, 0.29) is 5.78 Å². The zero-order valence-electron chi connectivity index (χ0n) is 7.66. The van der Waals surface area contributed by atoms with Gasteiger partial charge in [-0.1, -0.05) is 30.3 Å². The molecular formula is C11H13NO. The molecule has 0 radical (unpaired) electrons. The predicted octanol–water partition coefficient (Wildman–Crippen LogP) is 1.88. The van der Waals surface area contributed by atoms with Crippen LogP contribution in [0.3, 0.4) is 0 Å². The van der Waals surface area contributed by atoms with Gasteiger partial charge in [-0.05, 0) is 18.6 Å². The minimum absolute atomic E-state index is 0.0561. The van der Waals surface area contributed by atoms with E-state index in [1.165, 1.54) is 18.6 Å². The summed E-state index contributed by atoms with van der Waals surface area (Å²) in [4.78, 5) is 10.5. The van der Waals surface area contributed by atoms with Crippen molar-refractivity contribution in [2.24, 2.45) is 0 Å². The van der Waals surface area contributed by atoms with Crippen molar-refractivity contribution in [1.29, 1.82) is 0 Å². The van der Waals surface area contributed by atoms with Crippen molar-refractivity contribution in [1.82, 2.24) is 5.32 Å². The second-order valence-corrected chi connectivity index (χ2v) is 2.81. The normalized spacial score (nSPS) is 10.2. The van der Waals surface area contributed by atoms with Crippen LogP contribution in [-0.4, -0.2) is 5.78 Å². The van der Waals surface area contributed by atoms with Crippen molar-refractivity contribution >= 4 is 5.78 Å². The summed E-state index contributed by atoms with van der Waals surface area (Å²) in [5.41, 5.74) is 1.20. The molecule has 1 N–H and O–H groups in total. The van der Waals surface area contributed by atoms with E-state index < -0.39 is 0 Å². The number of allylic oxidation sites excluding steroid dienone is 1. The van der Waals surface area contributed by atoms with Crippen LogP contribution >= 0.6 is 0 Å². The van der Waals surface area contributed by atoms with Crippen LogP contribution < -0.4 is 5.32 Å². The molecule has 1 rings (SSSR count). The fourth-order valence-corrected chi connectivity index (χ4v) is 0.949. The Bertz CT molecular complexity index is 290. The molecule has 2 nitrogen and oxygen atoms in total. The van der Waals surface area contributed by atoms with Gasteiger partial charge in [-0.15, -0.1) is 0 Å². The summed E-state index contributed by atoms with van der Waals surface area (Å²) in [6.07, 6.45) is 3.19. The van der Waals surface area contributed by atoms with Gasteiger partial charge in [-0.3, -0.25) is 4.79 Å². The van der Waals surface area contributed by atoms with Crippen LogP contribution in [0.1, 0.15) is 12.5 Å². The molecule has 0 aliphatic heterocycles. The van der Waals surface area contributed by atoms with Crippen LogP contribution in [0.25, 0.3) is 0 Å². The molecule has 13 heavy (non-hydrogen) atoms. The highest BCUT2D eigenvalue weighted by molar-refractivity contribution is 5.87. The Morgan fingerprint density at radius 2 is 2.08 bits per heavy atom. The molecule has 68 valence electrons. The monoisotopic (exact) mass is 175 g/mol. The zero-order chi connectivity index (χ0) is 9.52. The van der Waals surface area contributed by atoms with E-state index in [1.54, 1.807) is 6.20 Å². The van der Waals surface area contributed by atoms with Crippen molar-refractivity contribution in [3.8, 4) is 0 Å². The van der Waals surface area contributed by atoms with Crippen molar-refractivity contribution in [3.63, 3.8) is 0 Å². The molecule has 1 aromatic carbocycles. The molecule has 0 saturated heterocycles. The van der Waals surface area contributed by atoms with E-state index in [9.17, 15) is 4.79 Å². The number of hydrogen-bond donors (Lipinski definition) is 1. The number of carbonyl (C=O) groups excluding carboxylic acids is 1. The van der Waals surface area contributed by atoms with Gasteiger partial charge in [0.05, 0.1) is 0 Å². The van der Waals surface area contributed by atoms with Crippen LogP contribution in [0.2, 0.25) is 0 Å². The largest absolute Gasteiger partial charge is 0.387 e. The first kappa shape index (κ1) is 9.52. The predicted molar refractivity (Wildman–Crippen MR) is 53.1 cm³/mol. The first-order chi connectivity index (χ1) is 6.29. The summed E-state index contributed by atoms with van der Waals surface area (Å²) < 4.78 is 0. The Morgan fingerprint density at radius 3 is 2.69 bits per heavy atom. The third-order valence-corrected chi connectivity index (χ3v) is 1.58. The molecule has 0 fully saturated rings. The molecule has 1 aromatic rings. The number of carbonyl (C=O) groups is 1. The van der Waals surface area contributed by atoms with Gasteiger partial charge in [0.15, 0.2) is 5.78 Å². The SMILES string of the molecule is CC(=O)C=CNCc1ccccc1. The molecule has 0 spiro atoms. The molecule has 0 aromatic heterocycles. The highest BCUT2D eigenvalue weighted by atomic mass is 16.1. The third-order valence-electron chi connectivity index (χ3n) is 1.58. The Labute approximate surface area is 78.3 Å². The number of rotatable bonds is 4. The Kier molecular flexibility index (Phi) is 3.76. The van der Waals surface area contributed by atoms with E-state index in [0.29, 0.717) is 0 Å². The van der Waals surface area contributed by atoms with Gasteiger partial charge in [0, 0.05) is 12.7 Å². The average Bonchev–Trinajstić information content (AvgIpc) is 2.14. The summed E-state index contributed by atoms with van der Waals surface area (Å²) in [7, 11) is 0. The first-order valence-electron chi connectivity index (χ1n) is 4.23. The number of ketones is 1. The van der Waals surface area contributed by atoms with E-state index in [0.717, 1.165) is 6.54 Å². The average molecular weight is 175 g/mol. The van der Waals surface area contributed by atoms with Crippen molar-refractivity contribution in [2.75, 3.05) is 0 Å². The van der Waals surface area contributed by atoms with E-state index in [4.69, 9.17) is 0 Å². The Balaban J connectivity index is 2.32. The zero-order valence-corrected chi connectivity index (χ0v) is 7.66. The lowest BCUT2D eigenvalue weighted by Gasteiger charge is -1.99. The molecule has 0 heterocycles. The van der Waals surface area contributed by atoms with Crippen LogP contribution in [-0.2, 0) is 11.3 Å². The van der Waals surface area contributed by atoms with E-state index in [1.807, 2.05) is 30.3 Å². The minimum Gasteiger partial charge on any atom is -0.387 e. The van der Waals surface area contributed by atoms with Gasteiger partial charge in [-0.25, -0.2) is 0 Å². The van der Waals surface area contributed by atoms with Crippen molar-refractivity contribution in [3.05, 3.63) is 48.2 Å². The molecule has 0 aliphatic rings. The standard InChI is InChI=1S/C11H13NO/c1-10(13)7-8-12-9-11-5-3-2-4-6-11/h2-8,12H,9H2,1H3. The maximum atomic E-state index is 10.5. The van der Waals surface area contributed by atoms with Gasteiger partial charge >= 0.3 is 0 Å². The summed E-state index contributed by atoms with van der Waals surface area (Å²) in [5.74, 6) is 0.0561. The van der Waals surface area contributed by atoms with Gasteiger partial charge in [0.2, 0.25) is 0 Å². The molecule has 0 aliphatic carbocycles. The Hall–Kier alpha value is -1.57. The number of nitrogens with one attached hydrogen (secondary N) is 1. The van der Waals surface area contributed by atoms with E-state index in [2.05, 4.69) is 5.32 Å². The fraction of sp³-hybridized carbons (Fsp3) is 0.182. The maximum absolute atomic E-state index is 10.5. The van der Waals surface area contributed by atoms with Crippen LogP contribution in [0.15, 0.2) is 42.6 Å². The highest BCUT2D eigenvalue weighted by Gasteiger charge is 1.86. The second-order valence-electron chi connectivity index (χ2n) is 2.81. The summed E-state index contributed by atoms with van der Waals surface area (Å²) in [5, 5.41) is 3.03. The quantitative estimate of drug-likeness (QED) is 0.708. The minimum atomic E-state index is 0.0561. The van der Waals surface area contributed by atoms with Gasteiger partial charge in [-0.2, -0.15) is 0 Å². The lowest BCUT2D eigenvalue weighted by molar-refractivity contribution is -0.112. The molecule has 2 heteroatoms. The van der Waals surface area contributed by atoms with Gasteiger partial charge in [0.1, 0.15) is 0 Å². The Morgan fingerprint density at radius 1 is 1.38 bits per heavy atom. The van der Waals surface area contributed by atoms with Crippen molar-refractivity contribution < 1.29 is 4.79 Å². The molecular weight excluding hydrogens is 162 g/mol. The first-order valence-corrected chi connectivity index (χ1v) is 4.23. The lowest BCUT2D eigenvalue weighted by Crippen LogP contribution is -2.04. The van der Waals surface area contributed by atoms with Crippen LogP contribution in [0.5, 0.6) is 0 Å². The molecule has 0 saturated carbocycles. The topological polar surface area (TPSA) is 29.1 Å². The van der Waals surface area contributed by atoms with Gasteiger partial charge < -0.3 is 5.32 Å². The summed E-state index contributed by atoms with van der Waals surface area (Å²) >= 11 is 0. The fourth-order valence-electron chi connectivity index (χ4n) is 0.949. The van der Waals surface area contributed by atoms with Gasteiger partial charge in [0.25, 0.3) is 0 Å². The molecule has 0 bridgehead atoms. The maximum Gasteiger partial charge on any atom is 0.154 e. The number of benzene rings is 1. The van der Waals surface area contributed by atoms with Crippen LogP contribution in [0.4, 0.5) is 0 Å². The smallest absolute Gasteiger partial charge is 0.154 e. The van der Waals surface area contributed by atoms with Crippen LogP contribution in [0, 0.1) is 0 Å². The summed E-state index contributed by atoms with van der Waals surface area (Å²) in [6, 6.07) is 10.0. The second kappa shape index (κ2) is 5.14. The lowest BCUT2D eigenvalue weighted by atomic mass is 10.2. The van der Waals surface area contributed by atoms with Crippen molar-refractivity contribution in [2.45, 2.75) is 13.5 Å². The third kappa shape index (κ3) is 4.11. The highest BCUT2D eigenvalue weighted by Crippen LogP contribution is 1.96. The molecule has 0 atom stereocenters. The van der Waals surface area contributed by atoms with E-state index >= 15 is 0 Å².